The average Bonchev–Trinajstić information content (AvgIpc) is 3.14. The number of hydrogen-bond acceptors (Lipinski definition) is 4. The Morgan fingerprint density at radius 1 is 1.43 bits per heavy atom. The van der Waals surface area contributed by atoms with E-state index >= 15 is 0 Å². The molecule has 0 radical (unpaired) electrons. The number of anilines is 1. The molecular weight excluding hydrogens is 294 g/mol. The van der Waals surface area contributed by atoms with Crippen LogP contribution in [0.2, 0.25) is 0 Å². The number of carbonyl (C=O) groups is 1. The number of nitrogens with one attached hydrogen (secondary N) is 1. The lowest BCUT2D eigenvalue weighted by Gasteiger charge is -2.14. The molecule has 1 amide bonds. The molecule has 2 heterocycles. The molecule has 3 rings (SSSR count). The number of hydrogen-bond donors (Lipinski definition) is 1. The first-order valence-electron chi connectivity index (χ1n) is 7.69. The summed E-state index contributed by atoms with van der Waals surface area (Å²) >= 11 is 0. The molecule has 2 aromatic rings. The van der Waals surface area contributed by atoms with Gasteiger partial charge in [-0.25, -0.2) is 0 Å². The van der Waals surface area contributed by atoms with Crippen LogP contribution in [0.15, 0.2) is 30.3 Å². The Morgan fingerprint density at radius 2 is 2.26 bits per heavy atom. The van der Waals surface area contributed by atoms with Gasteiger partial charge in [0.05, 0.1) is 12.8 Å². The van der Waals surface area contributed by atoms with Crippen molar-refractivity contribution in [2.24, 2.45) is 13.0 Å². The number of aromatic nitrogens is 2. The fourth-order valence-electron chi connectivity index (χ4n) is 2.74. The van der Waals surface area contributed by atoms with E-state index < -0.39 is 0 Å². The Labute approximate surface area is 135 Å². The van der Waals surface area contributed by atoms with Crippen LogP contribution in [0.3, 0.4) is 0 Å². The van der Waals surface area contributed by atoms with Gasteiger partial charge in [0, 0.05) is 25.3 Å². The summed E-state index contributed by atoms with van der Waals surface area (Å²) in [5, 5.41) is 7.37. The predicted octanol–water partition coefficient (Wildman–Crippen LogP) is 2.46. The van der Waals surface area contributed by atoms with E-state index in [0.29, 0.717) is 12.4 Å². The van der Waals surface area contributed by atoms with Crippen molar-refractivity contribution < 1.29 is 14.3 Å². The minimum atomic E-state index is -0.384. The van der Waals surface area contributed by atoms with Crippen molar-refractivity contribution in [3.63, 3.8) is 0 Å². The summed E-state index contributed by atoms with van der Waals surface area (Å²) in [5.41, 5.74) is 1.72. The maximum absolute atomic E-state index is 12.3. The lowest BCUT2D eigenvalue weighted by Crippen LogP contribution is -2.31. The van der Waals surface area contributed by atoms with Crippen molar-refractivity contribution in [2.75, 3.05) is 19.0 Å². The van der Waals surface area contributed by atoms with E-state index in [9.17, 15) is 4.79 Å². The number of ether oxygens (including phenoxy) is 2. The second-order valence-corrected chi connectivity index (χ2v) is 5.82. The van der Waals surface area contributed by atoms with Crippen LogP contribution in [0.4, 0.5) is 5.82 Å². The van der Waals surface area contributed by atoms with Crippen molar-refractivity contribution in [1.82, 2.24) is 9.78 Å². The Kier molecular flexibility index (Phi) is 4.34. The molecule has 0 saturated carbocycles. The normalized spacial score (nSPS) is 20.5. The third kappa shape index (κ3) is 3.22. The lowest BCUT2D eigenvalue weighted by molar-refractivity contribution is -0.126. The Balaban J connectivity index is 1.79. The minimum absolute atomic E-state index is 0.116. The number of rotatable bonds is 4. The first kappa shape index (κ1) is 15.6. The zero-order valence-electron chi connectivity index (χ0n) is 13.6. The summed E-state index contributed by atoms with van der Waals surface area (Å²) in [4.78, 5) is 12.3. The van der Waals surface area contributed by atoms with Gasteiger partial charge in [0.1, 0.15) is 17.7 Å². The van der Waals surface area contributed by atoms with Gasteiger partial charge in [-0.3, -0.25) is 9.48 Å². The summed E-state index contributed by atoms with van der Waals surface area (Å²) in [6.45, 7) is 2.67. The van der Waals surface area contributed by atoms with Gasteiger partial charge in [0.25, 0.3) is 5.91 Å². The van der Waals surface area contributed by atoms with Crippen LogP contribution in [0.5, 0.6) is 5.75 Å². The molecule has 23 heavy (non-hydrogen) atoms. The fraction of sp³-hybridized carbons (Fsp3) is 0.412. The van der Waals surface area contributed by atoms with E-state index in [1.165, 1.54) is 0 Å². The van der Waals surface area contributed by atoms with E-state index in [2.05, 4.69) is 10.4 Å². The minimum Gasteiger partial charge on any atom is -0.497 e. The molecule has 0 unspecified atom stereocenters. The zero-order chi connectivity index (χ0) is 16.4. The first-order valence-corrected chi connectivity index (χ1v) is 7.69. The Bertz CT molecular complexity index is 711. The highest BCUT2D eigenvalue weighted by atomic mass is 16.5. The molecular formula is C17H21N3O3. The standard InChI is InChI=1S/C17H21N3O3/c1-11-7-8-23-16(11)17(21)18-15-10-14(19-20(15)2)12-5-4-6-13(9-12)22-3/h4-6,9-11,16H,7-8H2,1-3H3,(H,18,21)/t11-,16-/m0/s1. The molecule has 6 nitrogen and oxygen atoms in total. The van der Waals surface area contributed by atoms with Crippen molar-refractivity contribution in [2.45, 2.75) is 19.4 Å². The number of amides is 1. The largest absolute Gasteiger partial charge is 0.497 e. The molecule has 1 fully saturated rings. The monoisotopic (exact) mass is 315 g/mol. The zero-order valence-corrected chi connectivity index (χ0v) is 13.6. The molecule has 0 spiro atoms. The molecule has 1 aliphatic rings. The molecule has 6 heteroatoms. The third-order valence-electron chi connectivity index (χ3n) is 4.14. The van der Waals surface area contributed by atoms with Crippen LogP contribution in [-0.4, -0.2) is 35.5 Å². The SMILES string of the molecule is COc1cccc(-c2cc(NC(=O)[C@H]3OCC[C@@H]3C)n(C)n2)c1. The number of benzene rings is 1. The van der Waals surface area contributed by atoms with Gasteiger partial charge in [0.2, 0.25) is 0 Å². The summed E-state index contributed by atoms with van der Waals surface area (Å²) < 4.78 is 12.4. The van der Waals surface area contributed by atoms with E-state index in [-0.39, 0.29) is 17.9 Å². The van der Waals surface area contributed by atoms with Gasteiger partial charge in [-0.2, -0.15) is 5.10 Å². The molecule has 0 bridgehead atoms. The molecule has 122 valence electrons. The van der Waals surface area contributed by atoms with E-state index in [4.69, 9.17) is 9.47 Å². The van der Waals surface area contributed by atoms with Crippen LogP contribution < -0.4 is 10.1 Å². The summed E-state index contributed by atoms with van der Waals surface area (Å²) in [6, 6.07) is 9.52. The molecule has 1 aromatic heterocycles. The summed E-state index contributed by atoms with van der Waals surface area (Å²) in [5.74, 6) is 1.54. The smallest absolute Gasteiger partial charge is 0.254 e. The Morgan fingerprint density at radius 3 is 2.96 bits per heavy atom. The van der Waals surface area contributed by atoms with Gasteiger partial charge in [-0.05, 0) is 24.5 Å². The highest BCUT2D eigenvalue weighted by Gasteiger charge is 2.31. The van der Waals surface area contributed by atoms with Gasteiger partial charge in [0.15, 0.2) is 0 Å². The van der Waals surface area contributed by atoms with Crippen LogP contribution in [-0.2, 0) is 16.6 Å². The van der Waals surface area contributed by atoms with E-state index in [0.717, 1.165) is 23.4 Å². The maximum Gasteiger partial charge on any atom is 0.254 e. The summed E-state index contributed by atoms with van der Waals surface area (Å²) in [6.07, 6.45) is 0.531. The number of methoxy groups -OCH3 is 1. The van der Waals surface area contributed by atoms with Crippen molar-refractivity contribution in [1.29, 1.82) is 0 Å². The van der Waals surface area contributed by atoms with Crippen LogP contribution >= 0.6 is 0 Å². The van der Waals surface area contributed by atoms with E-state index in [1.807, 2.05) is 37.3 Å². The summed E-state index contributed by atoms with van der Waals surface area (Å²) in [7, 11) is 3.43. The average molecular weight is 315 g/mol. The Hall–Kier alpha value is -2.34. The first-order chi connectivity index (χ1) is 11.1. The fourth-order valence-corrected chi connectivity index (χ4v) is 2.74. The quantitative estimate of drug-likeness (QED) is 0.941. The molecule has 2 atom stereocenters. The number of nitrogens with zero attached hydrogens (tertiary/aromatic N) is 2. The van der Waals surface area contributed by atoms with Gasteiger partial charge in [-0.15, -0.1) is 0 Å². The van der Waals surface area contributed by atoms with Crippen molar-refractivity contribution >= 4 is 11.7 Å². The van der Waals surface area contributed by atoms with Crippen LogP contribution in [0.25, 0.3) is 11.3 Å². The van der Waals surface area contributed by atoms with Gasteiger partial charge >= 0.3 is 0 Å². The van der Waals surface area contributed by atoms with Gasteiger partial charge < -0.3 is 14.8 Å². The van der Waals surface area contributed by atoms with Crippen LogP contribution in [0, 0.1) is 5.92 Å². The second kappa shape index (κ2) is 6.42. The topological polar surface area (TPSA) is 65.4 Å². The predicted molar refractivity (Wildman–Crippen MR) is 87.3 cm³/mol. The lowest BCUT2D eigenvalue weighted by atomic mass is 10.0. The molecule has 1 aromatic carbocycles. The number of aryl methyl sites for hydroxylation is 1. The molecule has 1 saturated heterocycles. The second-order valence-electron chi connectivity index (χ2n) is 5.82. The van der Waals surface area contributed by atoms with Gasteiger partial charge in [-0.1, -0.05) is 19.1 Å². The highest BCUT2D eigenvalue weighted by Crippen LogP contribution is 2.26. The third-order valence-corrected chi connectivity index (χ3v) is 4.14. The number of carbonyl (C=O) groups excluding carboxylic acids is 1. The molecule has 1 N–H and O–H groups in total. The van der Waals surface area contributed by atoms with Crippen LogP contribution in [0.1, 0.15) is 13.3 Å². The molecule has 0 aliphatic carbocycles. The van der Waals surface area contributed by atoms with Crippen molar-refractivity contribution in [3.05, 3.63) is 30.3 Å². The van der Waals surface area contributed by atoms with Crippen molar-refractivity contribution in [3.8, 4) is 17.0 Å². The maximum atomic E-state index is 12.3. The molecule has 1 aliphatic heterocycles. The highest BCUT2D eigenvalue weighted by molar-refractivity contribution is 5.94. The van der Waals surface area contributed by atoms with E-state index in [1.54, 1.807) is 18.8 Å².